The van der Waals surface area contributed by atoms with E-state index in [4.69, 9.17) is 19.2 Å². The molecule has 7 heteroatoms. The minimum atomic E-state index is -0.446. The van der Waals surface area contributed by atoms with Crippen molar-refractivity contribution in [1.82, 2.24) is 4.90 Å². The summed E-state index contributed by atoms with van der Waals surface area (Å²) < 4.78 is 19.1. The van der Waals surface area contributed by atoms with Crippen molar-refractivity contribution in [2.75, 3.05) is 20.7 Å². The van der Waals surface area contributed by atoms with Gasteiger partial charge in [0.2, 0.25) is 0 Å². The van der Waals surface area contributed by atoms with Crippen LogP contribution in [0.15, 0.2) is 65.7 Å². The lowest BCUT2D eigenvalue weighted by molar-refractivity contribution is -0.188. The van der Waals surface area contributed by atoms with Crippen molar-refractivity contribution in [1.29, 1.82) is 0 Å². The Bertz CT molecular complexity index is 880. The largest absolute Gasteiger partial charge is 0.394 e. The van der Waals surface area contributed by atoms with Crippen LogP contribution >= 0.6 is 11.8 Å². The highest BCUT2D eigenvalue weighted by atomic mass is 32.2. The zero-order valence-electron chi connectivity index (χ0n) is 18.8. The predicted molar refractivity (Wildman–Crippen MR) is 127 cm³/mol. The molecule has 1 unspecified atom stereocenters. The molecule has 172 valence electrons. The van der Waals surface area contributed by atoms with Gasteiger partial charge in [0.05, 0.1) is 32.0 Å². The zero-order chi connectivity index (χ0) is 22.5. The van der Waals surface area contributed by atoms with E-state index in [-0.39, 0.29) is 36.2 Å². The fourth-order valence-corrected chi connectivity index (χ4v) is 5.34. The van der Waals surface area contributed by atoms with Crippen LogP contribution in [0.4, 0.5) is 0 Å². The molecule has 4 rings (SSSR count). The fraction of sp³-hybridized carbons (Fsp3) is 0.480. The summed E-state index contributed by atoms with van der Waals surface area (Å²) in [6.45, 7) is 2.93. The maximum absolute atomic E-state index is 10.2. The Balaban J connectivity index is 1.50. The van der Waals surface area contributed by atoms with Gasteiger partial charge in [-0.3, -0.25) is 4.99 Å². The van der Waals surface area contributed by atoms with E-state index in [1.807, 2.05) is 67.5 Å². The normalized spacial score (nSPS) is 28.1. The monoisotopic (exact) mass is 456 g/mol. The van der Waals surface area contributed by atoms with Gasteiger partial charge in [0.25, 0.3) is 0 Å². The first-order valence-corrected chi connectivity index (χ1v) is 11.9. The highest BCUT2D eigenvalue weighted by Crippen LogP contribution is 2.42. The molecule has 2 aliphatic rings. The standard InChI is InChI=1S/C25H32N2O4S/c1-17-22(20(14-28)29-15-18-10-6-4-7-11-18)31-24-21(26-25(32-24)27(2)3)23(17)30-16-19-12-8-5-9-13-19/h4-13,17,20-24,28H,14-16H2,1-3H3/t17-,20?,21-,22+,23+,24-/m1/s1. The molecule has 1 N–H and O–H groups in total. The Morgan fingerprint density at radius 2 is 1.66 bits per heavy atom. The molecule has 6 nitrogen and oxygen atoms in total. The summed E-state index contributed by atoms with van der Waals surface area (Å²) in [6.07, 6.45) is -0.883. The second-order valence-electron chi connectivity index (χ2n) is 8.52. The highest BCUT2D eigenvalue weighted by molar-refractivity contribution is 8.14. The molecule has 0 spiro atoms. The molecule has 2 aromatic rings. The van der Waals surface area contributed by atoms with Gasteiger partial charge in [-0.25, -0.2) is 0 Å². The molecule has 2 heterocycles. The van der Waals surface area contributed by atoms with Gasteiger partial charge in [0.1, 0.15) is 17.6 Å². The summed E-state index contributed by atoms with van der Waals surface area (Å²) in [5.74, 6) is -0.00116. The molecule has 0 aromatic heterocycles. The highest BCUT2D eigenvalue weighted by Gasteiger charge is 2.50. The molecule has 6 atom stereocenters. The summed E-state index contributed by atoms with van der Waals surface area (Å²) in [4.78, 5) is 6.93. The van der Waals surface area contributed by atoms with E-state index in [0.717, 1.165) is 16.3 Å². The maximum atomic E-state index is 10.2. The summed E-state index contributed by atoms with van der Waals surface area (Å²) in [6, 6.07) is 20.1. The Morgan fingerprint density at radius 1 is 1.03 bits per heavy atom. The lowest BCUT2D eigenvalue weighted by Gasteiger charge is -2.44. The van der Waals surface area contributed by atoms with Crippen LogP contribution in [-0.4, -0.2) is 65.7 Å². The smallest absolute Gasteiger partial charge is 0.161 e. The minimum absolute atomic E-state index is 0.00116. The number of fused-ring (bicyclic) bond motifs is 1. The summed E-state index contributed by atoms with van der Waals surface area (Å²) in [5.41, 5.74) is 2.03. The quantitative estimate of drug-likeness (QED) is 0.656. The molecule has 1 fully saturated rings. The van der Waals surface area contributed by atoms with E-state index in [2.05, 4.69) is 19.1 Å². The average molecular weight is 457 g/mol. The van der Waals surface area contributed by atoms with E-state index < -0.39 is 6.10 Å². The van der Waals surface area contributed by atoms with Crippen LogP contribution in [0.2, 0.25) is 0 Å². The molecule has 0 aliphatic carbocycles. The first kappa shape index (κ1) is 23.3. The van der Waals surface area contributed by atoms with Crippen LogP contribution in [0.25, 0.3) is 0 Å². The van der Waals surface area contributed by atoms with Gasteiger partial charge in [-0.05, 0) is 11.1 Å². The first-order chi connectivity index (χ1) is 15.6. The SMILES string of the molecule is C[C@H]1[C@H](OCc2ccccc2)[C@H]2N=C(N(C)C)S[C@H]2O[C@@H]1C(CO)OCc1ccccc1. The van der Waals surface area contributed by atoms with E-state index in [1.165, 1.54) is 0 Å². The Morgan fingerprint density at radius 3 is 2.25 bits per heavy atom. The third-order valence-corrected chi connectivity index (χ3v) is 7.25. The number of hydrogen-bond donors (Lipinski definition) is 1. The Labute approximate surface area is 194 Å². The van der Waals surface area contributed by atoms with Crippen LogP contribution in [0.5, 0.6) is 0 Å². The molecule has 2 aromatic carbocycles. The van der Waals surface area contributed by atoms with Gasteiger partial charge in [-0.1, -0.05) is 79.3 Å². The summed E-state index contributed by atoms with van der Waals surface area (Å²) in [7, 11) is 3.98. The second kappa shape index (κ2) is 10.8. The minimum Gasteiger partial charge on any atom is -0.394 e. The van der Waals surface area contributed by atoms with Crippen molar-refractivity contribution in [3.63, 3.8) is 0 Å². The topological polar surface area (TPSA) is 63.5 Å². The number of amidine groups is 1. The van der Waals surface area contributed by atoms with Crippen molar-refractivity contribution in [3.05, 3.63) is 71.8 Å². The number of aliphatic hydroxyl groups excluding tert-OH is 1. The molecule has 2 aliphatic heterocycles. The fourth-order valence-electron chi connectivity index (χ4n) is 4.20. The number of hydrogen-bond acceptors (Lipinski definition) is 7. The molecule has 0 bridgehead atoms. The number of aliphatic imine (C=N–C) groups is 1. The van der Waals surface area contributed by atoms with Crippen molar-refractivity contribution in [2.24, 2.45) is 10.9 Å². The van der Waals surface area contributed by atoms with E-state index in [1.54, 1.807) is 11.8 Å². The summed E-state index contributed by atoms with van der Waals surface area (Å²) >= 11 is 1.61. The number of thioether (sulfide) groups is 1. The van der Waals surface area contributed by atoms with E-state index in [0.29, 0.717) is 13.2 Å². The number of aliphatic hydroxyl groups is 1. The molecule has 1 saturated heterocycles. The number of ether oxygens (including phenoxy) is 3. The van der Waals surface area contributed by atoms with Gasteiger partial charge in [-0.2, -0.15) is 0 Å². The lowest BCUT2D eigenvalue weighted by Crippen LogP contribution is -2.56. The first-order valence-electron chi connectivity index (χ1n) is 11.1. The second-order valence-corrected chi connectivity index (χ2v) is 9.59. The van der Waals surface area contributed by atoms with Gasteiger partial charge in [0, 0.05) is 20.0 Å². The molecule has 0 saturated carbocycles. The van der Waals surface area contributed by atoms with E-state index in [9.17, 15) is 5.11 Å². The zero-order valence-corrected chi connectivity index (χ0v) is 19.7. The average Bonchev–Trinajstić information content (AvgIpc) is 3.25. The Kier molecular flexibility index (Phi) is 7.86. The van der Waals surface area contributed by atoms with Gasteiger partial charge >= 0.3 is 0 Å². The third-order valence-electron chi connectivity index (χ3n) is 5.95. The van der Waals surface area contributed by atoms with Crippen molar-refractivity contribution < 1.29 is 19.3 Å². The number of rotatable bonds is 8. The van der Waals surface area contributed by atoms with Gasteiger partial charge in [0.15, 0.2) is 5.17 Å². The van der Waals surface area contributed by atoms with Crippen molar-refractivity contribution in [3.8, 4) is 0 Å². The van der Waals surface area contributed by atoms with Crippen LogP contribution in [0, 0.1) is 5.92 Å². The Hall–Kier alpha value is -1.90. The van der Waals surface area contributed by atoms with Crippen LogP contribution in [0.3, 0.4) is 0 Å². The number of benzene rings is 2. The van der Waals surface area contributed by atoms with Crippen molar-refractivity contribution in [2.45, 2.75) is 49.9 Å². The lowest BCUT2D eigenvalue weighted by atomic mass is 9.87. The molecule has 32 heavy (non-hydrogen) atoms. The molecular weight excluding hydrogens is 424 g/mol. The number of nitrogens with zero attached hydrogens (tertiary/aromatic N) is 2. The van der Waals surface area contributed by atoms with E-state index >= 15 is 0 Å². The maximum Gasteiger partial charge on any atom is 0.161 e. The van der Waals surface area contributed by atoms with Crippen molar-refractivity contribution >= 4 is 16.9 Å². The van der Waals surface area contributed by atoms with Crippen LogP contribution in [-0.2, 0) is 27.4 Å². The van der Waals surface area contributed by atoms with Crippen LogP contribution in [0.1, 0.15) is 18.1 Å². The molecule has 0 amide bonds. The predicted octanol–water partition coefficient (Wildman–Crippen LogP) is 3.54. The molecular formula is C25H32N2O4S. The van der Waals surface area contributed by atoms with Crippen LogP contribution < -0.4 is 0 Å². The molecule has 0 radical (unpaired) electrons. The summed E-state index contributed by atoms with van der Waals surface area (Å²) in [5, 5.41) is 11.1. The van der Waals surface area contributed by atoms with Gasteiger partial charge < -0.3 is 24.2 Å². The van der Waals surface area contributed by atoms with Gasteiger partial charge in [-0.15, -0.1) is 0 Å². The third kappa shape index (κ3) is 5.35.